The Hall–Kier alpha value is -1.12. The topological polar surface area (TPSA) is 48.0 Å². The van der Waals surface area contributed by atoms with Crippen LogP contribution in [0.15, 0.2) is 22.8 Å². The molecule has 2 aromatic rings. The van der Waals surface area contributed by atoms with E-state index in [1.807, 2.05) is 0 Å². The molecule has 0 amide bonds. The molecule has 0 fully saturated rings. The maximum atomic E-state index is 13.7. The van der Waals surface area contributed by atoms with E-state index in [0.29, 0.717) is 0 Å². The first-order valence-electron chi connectivity index (χ1n) is 6.40. The fourth-order valence-electron chi connectivity index (χ4n) is 2.13. The van der Waals surface area contributed by atoms with Crippen LogP contribution in [-0.4, -0.2) is 16.7 Å². The third-order valence-corrected chi connectivity index (χ3v) is 3.90. The lowest BCUT2D eigenvalue weighted by Gasteiger charge is -2.14. The zero-order chi connectivity index (χ0) is 16.8. The molecule has 0 radical (unpaired) electrons. The Kier molecular flexibility index (Phi) is 5.88. The number of rotatable bonds is 2. The van der Waals surface area contributed by atoms with Gasteiger partial charge in [0.2, 0.25) is 5.91 Å². The molecule has 1 aromatic carbocycles. The van der Waals surface area contributed by atoms with E-state index in [9.17, 15) is 22.4 Å². The van der Waals surface area contributed by atoms with Crippen molar-refractivity contribution in [2.75, 3.05) is 0 Å². The van der Waals surface area contributed by atoms with Crippen LogP contribution in [0.5, 0.6) is 0 Å². The molecule has 1 aromatic heterocycles. The summed E-state index contributed by atoms with van der Waals surface area (Å²) in [5.74, 6) is -1.56. The van der Waals surface area contributed by atoms with Gasteiger partial charge in [-0.15, -0.1) is 12.4 Å². The second-order valence-corrected chi connectivity index (χ2v) is 6.10. The largest absolute Gasteiger partial charge is 0.407 e. The van der Waals surface area contributed by atoms with Crippen LogP contribution in [0.2, 0.25) is 0 Å². The number of hydrogen-bond acceptors (Lipinski definition) is 2. The number of nitrogens with zero attached hydrogens (tertiary/aromatic N) is 1. The summed E-state index contributed by atoms with van der Waals surface area (Å²) in [4.78, 5) is 12.2. The molecule has 0 aliphatic heterocycles. The Morgan fingerprint density at radius 3 is 2.35 bits per heavy atom. The summed E-state index contributed by atoms with van der Waals surface area (Å²) in [7, 11) is 0. The van der Waals surface area contributed by atoms with Crippen LogP contribution in [-0.2, 0) is 0 Å². The van der Waals surface area contributed by atoms with Crippen molar-refractivity contribution in [3.05, 3.63) is 34.2 Å². The molecular weight excluding hydrogens is 404 g/mol. The summed E-state index contributed by atoms with van der Waals surface area (Å²) in [6.45, 7) is 3.24. The first-order chi connectivity index (χ1) is 10.0. The smallest absolute Gasteiger partial charge is 0.316 e. The van der Waals surface area contributed by atoms with Gasteiger partial charge in [0.25, 0.3) is 0 Å². The number of halogens is 6. The fourth-order valence-corrected chi connectivity index (χ4v) is 2.46. The Bertz CT molecular complexity index is 742. The first-order valence-corrected chi connectivity index (χ1v) is 7.19. The number of carbonyl (C=O) groups is 1. The highest BCUT2D eigenvalue weighted by molar-refractivity contribution is 9.10. The normalized spacial score (nSPS) is 13.3. The van der Waals surface area contributed by atoms with Gasteiger partial charge in [-0.3, -0.25) is 9.36 Å². The van der Waals surface area contributed by atoms with E-state index < -0.39 is 29.9 Å². The van der Waals surface area contributed by atoms with E-state index in [1.54, 1.807) is 13.8 Å². The highest BCUT2D eigenvalue weighted by Gasteiger charge is 2.40. The zero-order valence-corrected chi connectivity index (χ0v) is 14.5. The van der Waals surface area contributed by atoms with Crippen LogP contribution < -0.4 is 5.73 Å². The van der Waals surface area contributed by atoms with Gasteiger partial charge >= 0.3 is 6.18 Å². The molecule has 0 spiro atoms. The van der Waals surface area contributed by atoms with Crippen molar-refractivity contribution in [3.63, 3.8) is 0 Å². The predicted octanol–water partition coefficient (Wildman–Crippen LogP) is 4.82. The minimum Gasteiger partial charge on any atom is -0.316 e. The average Bonchev–Trinajstić information content (AvgIpc) is 2.75. The van der Waals surface area contributed by atoms with Gasteiger partial charge < -0.3 is 5.73 Å². The van der Waals surface area contributed by atoms with E-state index in [-0.39, 0.29) is 33.3 Å². The Labute approximate surface area is 144 Å². The van der Waals surface area contributed by atoms with Crippen LogP contribution in [0.4, 0.5) is 17.6 Å². The van der Waals surface area contributed by atoms with E-state index >= 15 is 0 Å². The molecule has 9 heteroatoms. The molecule has 3 nitrogen and oxygen atoms in total. The SMILES string of the molecule is CC(C)C(=O)n1cc([C@H](N)C(F)(F)F)c2cc(F)c(Br)cc21.Cl. The van der Waals surface area contributed by atoms with E-state index in [4.69, 9.17) is 5.73 Å². The van der Waals surface area contributed by atoms with E-state index in [2.05, 4.69) is 15.9 Å². The Morgan fingerprint density at radius 2 is 1.87 bits per heavy atom. The zero-order valence-electron chi connectivity index (χ0n) is 12.1. The quantitative estimate of drug-likeness (QED) is 0.712. The Balaban J connectivity index is 0.00000264. The van der Waals surface area contributed by atoms with Gasteiger partial charge in [-0.1, -0.05) is 13.8 Å². The highest BCUT2D eigenvalue weighted by Crippen LogP contribution is 2.37. The van der Waals surface area contributed by atoms with Gasteiger partial charge in [-0.25, -0.2) is 4.39 Å². The minimum atomic E-state index is -4.69. The Morgan fingerprint density at radius 1 is 1.30 bits per heavy atom. The number of aromatic nitrogens is 1. The standard InChI is InChI=1S/C14H13BrF4N2O.ClH/c1-6(2)13(22)21-5-8(12(20)14(17,18)19)7-3-10(16)9(15)4-11(7)21;/h3-6,12H,20H2,1-2H3;1H/t12-;/m0./s1. The second-order valence-electron chi connectivity index (χ2n) is 5.25. The van der Waals surface area contributed by atoms with Crippen molar-refractivity contribution in [2.24, 2.45) is 11.7 Å². The van der Waals surface area contributed by atoms with Crippen LogP contribution >= 0.6 is 28.3 Å². The molecule has 1 atom stereocenters. The summed E-state index contributed by atoms with van der Waals surface area (Å²) in [6.07, 6.45) is -3.65. The van der Waals surface area contributed by atoms with E-state index in [0.717, 1.165) is 16.8 Å². The number of nitrogens with two attached hydrogens (primary N) is 1. The lowest BCUT2D eigenvalue weighted by molar-refractivity contribution is -0.148. The van der Waals surface area contributed by atoms with Gasteiger partial charge in [0, 0.05) is 23.1 Å². The third-order valence-electron chi connectivity index (χ3n) is 3.30. The average molecular weight is 418 g/mol. The maximum absolute atomic E-state index is 13.7. The highest BCUT2D eigenvalue weighted by atomic mass is 79.9. The number of benzene rings is 1. The molecule has 23 heavy (non-hydrogen) atoms. The molecule has 2 N–H and O–H groups in total. The molecule has 0 aliphatic carbocycles. The summed E-state index contributed by atoms with van der Waals surface area (Å²) >= 11 is 2.97. The van der Waals surface area contributed by atoms with Crippen LogP contribution in [0.3, 0.4) is 0 Å². The molecule has 0 saturated carbocycles. The fraction of sp³-hybridized carbons (Fsp3) is 0.357. The van der Waals surface area contributed by atoms with Crippen molar-refractivity contribution in [2.45, 2.75) is 26.1 Å². The van der Waals surface area contributed by atoms with Crippen LogP contribution in [0, 0.1) is 11.7 Å². The predicted molar refractivity (Wildman–Crippen MR) is 85.3 cm³/mol. The van der Waals surface area contributed by atoms with Crippen molar-refractivity contribution in [1.29, 1.82) is 0 Å². The second kappa shape index (κ2) is 6.78. The molecule has 1 heterocycles. The van der Waals surface area contributed by atoms with Gasteiger partial charge in [-0.05, 0) is 28.1 Å². The van der Waals surface area contributed by atoms with Crippen LogP contribution in [0.25, 0.3) is 10.9 Å². The van der Waals surface area contributed by atoms with Gasteiger partial charge in [0.1, 0.15) is 11.9 Å². The molecule has 0 saturated heterocycles. The van der Waals surface area contributed by atoms with Crippen LogP contribution in [0.1, 0.15) is 30.2 Å². The number of carbonyl (C=O) groups excluding carboxylic acids is 1. The summed E-state index contributed by atoms with van der Waals surface area (Å²) in [6, 6.07) is -0.0704. The van der Waals surface area contributed by atoms with Gasteiger partial charge in [-0.2, -0.15) is 13.2 Å². The summed E-state index contributed by atoms with van der Waals surface area (Å²) < 4.78 is 53.5. The van der Waals surface area contributed by atoms with E-state index in [1.165, 1.54) is 6.07 Å². The van der Waals surface area contributed by atoms with Crippen molar-refractivity contribution >= 4 is 45.1 Å². The number of fused-ring (bicyclic) bond motifs is 1. The molecule has 0 bridgehead atoms. The molecule has 128 valence electrons. The molecule has 0 unspecified atom stereocenters. The lowest BCUT2D eigenvalue weighted by atomic mass is 10.1. The minimum absolute atomic E-state index is 0. The maximum Gasteiger partial charge on any atom is 0.407 e. The number of hydrogen-bond donors (Lipinski definition) is 1. The third kappa shape index (κ3) is 3.70. The monoisotopic (exact) mass is 416 g/mol. The number of alkyl halides is 3. The first kappa shape index (κ1) is 19.9. The molecule has 0 aliphatic rings. The summed E-state index contributed by atoms with van der Waals surface area (Å²) in [5.41, 5.74) is 5.08. The van der Waals surface area contributed by atoms with Gasteiger partial charge in [0.15, 0.2) is 0 Å². The van der Waals surface area contributed by atoms with Gasteiger partial charge in [0.05, 0.1) is 9.99 Å². The lowest BCUT2D eigenvalue weighted by Crippen LogP contribution is -2.28. The van der Waals surface area contributed by atoms with Crippen molar-refractivity contribution in [3.8, 4) is 0 Å². The summed E-state index contributed by atoms with van der Waals surface area (Å²) in [5, 5.41) is -0.0282. The molecular formula is C14H14BrClF4N2O. The van der Waals surface area contributed by atoms with Crippen molar-refractivity contribution < 1.29 is 22.4 Å². The molecule has 2 rings (SSSR count). The van der Waals surface area contributed by atoms with Crippen molar-refractivity contribution in [1.82, 2.24) is 4.57 Å².